The van der Waals surface area contributed by atoms with Gasteiger partial charge in [0.1, 0.15) is 12.3 Å². The lowest BCUT2D eigenvalue weighted by Crippen LogP contribution is -2.15. The van der Waals surface area contributed by atoms with E-state index in [0.29, 0.717) is 5.57 Å². The molecule has 0 aromatic heterocycles. The Morgan fingerprint density at radius 3 is 2.50 bits per heavy atom. The van der Waals surface area contributed by atoms with Crippen molar-refractivity contribution < 1.29 is 24.1 Å². The quantitative estimate of drug-likeness (QED) is 0.225. The highest BCUT2D eigenvalue weighted by Gasteiger charge is 2.18. The molecule has 1 rings (SSSR count). The number of nitro groups is 2. The van der Waals surface area contributed by atoms with Crippen LogP contribution in [-0.4, -0.2) is 42.2 Å². The molecule has 0 bridgehead atoms. The van der Waals surface area contributed by atoms with Crippen molar-refractivity contribution >= 4 is 23.0 Å². The predicted molar refractivity (Wildman–Crippen MR) is 84.8 cm³/mol. The summed E-state index contributed by atoms with van der Waals surface area (Å²) < 4.78 is 10.0. The van der Waals surface area contributed by atoms with Crippen LogP contribution in [0.4, 0.5) is 17.1 Å². The topological polar surface area (TPSA) is 134 Å². The number of nitrogens with zero attached hydrogens (tertiary/aromatic N) is 2. The third-order valence-electron chi connectivity index (χ3n) is 2.76. The molecule has 0 atom stereocenters. The van der Waals surface area contributed by atoms with E-state index in [2.05, 4.69) is 11.9 Å². The van der Waals surface area contributed by atoms with Gasteiger partial charge < -0.3 is 14.8 Å². The van der Waals surface area contributed by atoms with Crippen LogP contribution in [0, 0.1) is 20.2 Å². The van der Waals surface area contributed by atoms with E-state index in [0.717, 1.165) is 6.07 Å². The van der Waals surface area contributed by atoms with Crippen molar-refractivity contribution in [1.29, 1.82) is 0 Å². The Labute approximate surface area is 137 Å². The zero-order valence-corrected chi connectivity index (χ0v) is 13.0. The van der Waals surface area contributed by atoms with Crippen LogP contribution in [0.3, 0.4) is 0 Å². The summed E-state index contributed by atoms with van der Waals surface area (Å²) in [6.45, 7) is 5.66. The molecule has 130 valence electrons. The van der Waals surface area contributed by atoms with Crippen molar-refractivity contribution in [3.05, 3.63) is 50.6 Å². The first kappa shape index (κ1) is 19.0. The van der Waals surface area contributed by atoms with Crippen molar-refractivity contribution in [3.8, 4) is 0 Å². The lowest BCUT2D eigenvalue weighted by Gasteiger charge is -2.08. The van der Waals surface area contributed by atoms with Gasteiger partial charge in [0.25, 0.3) is 11.4 Å². The Hall–Kier alpha value is -3.01. The summed E-state index contributed by atoms with van der Waals surface area (Å²) in [5.74, 6) is -0.502. The molecule has 10 heteroatoms. The fourth-order valence-corrected chi connectivity index (χ4v) is 1.61. The molecule has 1 N–H and O–H groups in total. The molecule has 0 spiro atoms. The van der Waals surface area contributed by atoms with Crippen molar-refractivity contribution in [2.24, 2.45) is 0 Å². The van der Waals surface area contributed by atoms with Gasteiger partial charge in [0.15, 0.2) is 0 Å². The number of carbonyl (C=O) groups excluding carboxylic acids is 1. The van der Waals surface area contributed by atoms with E-state index < -0.39 is 15.8 Å². The number of nitro benzene ring substituents is 2. The van der Waals surface area contributed by atoms with Crippen LogP contribution in [0.15, 0.2) is 30.4 Å². The second-order valence-electron chi connectivity index (χ2n) is 4.67. The Bertz CT molecular complexity index is 645. The molecular formula is C14H17N3O7. The number of esters is 1. The highest BCUT2D eigenvalue weighted by molar-refractivity contribution is 5.86. The monoisotopic (exact) mass is 339 g/mol. The van der Waals surface area contributed by atoms with Gasteiger partial charge in [-0.05, 0) is 13.0 Å². The summed E-state index contributed by atoms with van der Waals surface area (Å²) in [6.07, 6.45) is 0. The minimum atomic E-state index is -0.702. The zero-order chi connectivity index (χ0) is 18.1. The van der Waals surface area contributed by atoms with Crippen molar-refractivity contribution in [2.45, 2.75) is 6.92 Å². The Morgan fingerprint density at radius 2 is 1.92 bits per heavy atom. The molecule has 0 aliphatic heterocycles. The third kappa shape index (κ3) is 6.01. The largest absolute Gasteiger partial charge is 0.460 e. The molecule has 0 saturated carbocycles. The number of hydrogen-bond acceptors (Lipinski definition) is 8. The molecule has 0 fully saturated rings. The number of benzene rings is 1. The summed E-state index contributed by atoms with van der Waals surface area (Å²) in [6, 6.07) is 3.33. The van der Waals surface area contributed by atoms with E-state index >= 15 is 0 Å². The van der Waals surface area contributed by atoms with Crippen LogP contribution >= 0.6 is 0 Å². The predicted octanol–water partition coefficient (Wildman–Crippen LogP) is 2.05. The first-order valence-corrected chi connectivity index (χ1v) is 6.90. The first-order chi connectivity index (χ1) is 11.3. The molecule has 0 radical (unpaired) electrons. The molecule has 0 aliphatic rings. The minimum absolute atomic E-state index is 0.0728. The van der Waals surface area contributed by atoms with Gasteiger partial charge >= 0.3 is 5.97 Å². The van der Waals surface area contributed by atoms with E-state index in [-0.39, 0.29) is 43.4 Å². The average Bonchev–Trinajstić information content (AvgIpc) is 2.53. The van der Waals surface area contributed by atoms with Crippen LogP contribution in [-0.2, 0) is 14.3 Å². The van der Waals surface area contributed by atoms with Gasteiger partial charge in [-0.2, -0.15) is 0 Å². The summed E-state index contributed by atoms with van der Waals surface area (Å²) in [7, 11) is 0. The van der Waals surface area contributed by atoms with Crippen molar-refractivity contribution in [3.63, 3.8) is 0 Å². The van der Waals surface area contributed by atoms with E-state index in [9.17, 15) is 25.0 Å². The number of rotatable bonds is 10. The SMILES string of the molecule is C=C(C)C(=O)OCCOCCNc1ccc([N+](=O)[O-])cc1[N+](=O)[O-]. The number of ether oxygens (including phenoxy) is 2. The molecule has 10 nitrogen and oxygen atoms in total. The second-order valence-corrected chi connectivity index (χ2v) is 4.67. The maximum Gasteiger partial charge on any atom is 0.333 e. The number of anilines is 1. The van der Waals surface area contributed by atoms with Crippen LogP contribution in [0.25, 0.3) is 0 Å². The molecule has 0 heterocycles. The minimum Gasteiger partial charge on any atom is -0.460 e. The molecule has 0 unspecified atom stereocenters. The van der Waals surface area contributed by atoms with Crippen LogP contribution in [0.2, 0.25) is 0 Å². The van der Waals surface area contributed by atoms with Crippen LogP contribution in [0.1, 0.15) is 6.92 Å². The normalized spacial score (nSPS) is 10.0. The number of nitrogens with one attached hydrogen (secondary N) is 1. The van der Waals surface area contributed by atoms with E-state index in [4.69, 9.17) is 9.47 Å². The fraction of sp³-hybridized carbons (Fsp3) is 0.357. The highest BCUT2D eigenvalue weighted by Crippen LogP contribution is 2.28. The molecular weight excluding hydrogens is 322 g/mol. The number of hydrogen-bond donors (Lipinski definition) is 1. The van der Waals surface area contributed by atoms with Gasteiger partial charge in [0, 0.05) is 18.2 Å². The van der Waals surface area contributed by atoms with E-state index in [1.165, 1.54) is 19.1 Å². The second kappa shape index (κ2) is 9.20. The summed E-state index contributed by atoms with van der Waals surface area (Å²) in [5, 5.41) is 24.4. The number of carbonyl (C=O) groups is 1. The van der Waals surface area contributed by atoms with Crippen LogP contribution in [0.5, 0.6) is 0 Å². The van der Waals surface area contributed by atoms with Crippen molar-refractivity contribution in [1.82, 2.24) is 0 Å². The zero-order valence-electron chi connectivity index (χ0n) is 13.0. The molecule has 24 heavy (non-hydrogen) atoms. The molecule has 0 saturated heterocycles. The Balaban J connectivity index is 2.40. The van der Waals surface area contributed by atoms with Gasteiger partial charge in [0.2, 0.25) is 0 Å². The Morgan fingerprint density at radius 1 is 1.21 bits per heavy atom. The van der Waals surface area contributed by atoms with E-state index in [1.807, 2.05) is 0 Å². The smallest absolute Gasteiger partial charge is 0.333 e. The average molecular weight is 339 g/mol. The Kier molecular flexibility index (Phi) is 7.30. The molecule has 0 aliphatic carbocycles. The summed E-state index contributed by atoms with van der Waals surface area (Å²) in [4.78, 5) is 31.3. The highest BCUT2D eigenvalue weighted by atomic mass is 16.6. The lowest BCUT2D eigenvalue weighted by molar-refractivity contribution is -0.393. The van der Waals surface area contributed by atoms with Gasteiger partial charge in [0.05, 0.1) is 29.1 Å². The maximum absolute atomic E-state index is 11.1. The maximum atomic E-state index is 11.1. The van der Waals surface area contributed by atoms with Gasteiger partial charge in [-0.3, -0.25) is 20.2 Å². The first-order valence-electron chi connectivity index (χ1n) is 6.90. The van der Waals surface area contributed by atoms with Gasteiger partial charge in [-0.1, -0.05) is 6.58 Å². The lowest BCUT2D eigenvalue weighted by atomic mass is 10.2. The molecule has 1 aromatic rings. The molecule has 1 aromatic carbocycles. The number of non-ortho nitro benzene ring substituents is 1. The fourth-order valence-electron chi connectivity index (χ4n) is 1.61. The van der Waals surface area contributed by atoms with Gasteiger partial charge in [-0.15, -0.1) is 0 Å². The summed E-state index contributed by atoms with van der Waals surface area (Å²) in [5.41, 5.74) is -0.299. The van der Waals surface area contributed by atoms with Gasteiger partial charge in [-0.25, -0.2) is 4.79 Å². The van der Waals surface area contributed by atoms with E-state index in [1.54, 1.807) is 0 Å². The van der Waals surface area contributed by atoms with Crippen LogP contribution < -0.4 is 5.32 Å². The summed E-state index contributed by atoms with van der Waals surface area (Å²) >= 11 is 0. The molecule has 0 amide bonds. The third-order valence-corrected chi connectivity index (χ3v) is 2.76. The standard InChI is InChI=1S/C14H17N3O7/c1-10(2)14(18)24-8-7-23-6-5-15-12-4-3-11(16(19)20)9-13(12)17(21)22/h3-4,9,15H,1,5-8H2,2H3. The van der Waals surface area contributed by atoms with Crippen molar-refractivity contribution in [2.75, 3.05) is 31.7 Å².